The molecule has 0 aliphatic heterocycles. The van der Waals surface area contributed by atoms with Gasteiger partial charge < -0.3 is 0 Å². The van der Waals surface area contributed by atoms with Gasteiger partial charge in [0, 0.05) is 5.41 Å². The molecule has 112 valence electrons. The zero-order chi connectivity index (χ0) is 15.6. The molecular formula is C21H28. The summed E-state index contributed by atoms with van der Waals surface area (Å²) in [6, 6.07) is 17.9. The average Bonchev–Trinajstić information content (AvgIpc) is 2.47. The van der Waals surface area contributed by atoms with E-state index in [4.69, 9.17) is 0 Å². The Bertz CT molecular complexity index is 589. The zero-order valence-electron chi connectivity index (χ0n) is 14.3. The lowest BCUT2D eigenvalue weighted by Gasteiger charge is -2.31. The van der Waals surface area contributed by atoms with Crippen molar-refractivity contribution in [3.8, 4) is 0 Å². The lowest BCUT2D eigenvalue weighted by molar-refractivity contribution is 0.621. The summed E-state index contributed by atoms with van der Waals surface area (Å²) in [7, 11) is 0. The zero-order valence-corrected chi connectivity index (χ0v) is 14.3. The number of rotatable bonds is 4. The molecule has 0 nitrogen and oxygen atoms in total. The van der Waals surface area contributed by atoms with Crippen molar-refractivity contribution in [2.75, 3.05) is 0 Å². The van der Waals surface area contributed by atoms with E-state index in [-0.39, 0.29) is 5.41 Å². The first kappa shape index (κ1) is 15.8. The second-order valence-electron chi connectivity index (χ2n) is 7.15. The summed E-state index contributed by atoms with van der Waals surface area (Å²) < 4.78 is 0. The largest absolute Gasteiger partial charge is 0.0622 e. The van der Waals surface area contributed by atoms with Gasteiger partial charge in [0.1, 0.15) is 0 Å². The van der Waals surface area contributed by atoms with E-state index in [9.17, 15) is 0 Å². The molecule has 0 spiro atoms. The van der Waals surface area contributed by atoms with E-state index in [0.717, 1.165) is 0 Å². The molecule has 0 unspecified atom stereocenters. The molecule has 0 radical (unpaired) electrons. The molecule has 2 aromatic rings. The summed E-state index contributed by atoms with van der Waals surface area (Å²) in [6.45, 7) is 13.8. The Morgan fingerprint density at radius 1 is 0.762 bits per heavy atom. The lowest BCUT2D eigenvalue weighted by Crippen LogP contribution is -2.21. The fourth-order valence-corrected chi connectivity index (χ4v) is 2.99. The molecule has 0 N–H and O–H groups in total. The fourth-order valence-electron chi connectivity index (χ4n) is 2.99. The molecule has 2 aromatic carbocycles. The van der Waals surface area contributed by atoms with Gasteiger partial charge in [-0.15, -0.1) is 0 Å². The summed E-state index contributed by atoms with van der Waals surface area (Å²) in [5.41, 5.74) is 5.78. The van der Waals surface area contributed by atoms with Crippen LogP contribution in [-0.2, 0) is 5.41 Å². The average molecular weight is 280 g/mol. The van der Waals surface area contributed by atoms with Crippen LogP contribution in [0.2, 0.25) is 0 Å². The van der Waals surface area contributed by atoms with Crippen LogP contribution >= 0.6 is 0 Å². The lowest BCUT2D eigenvalue weighted by atomic mass is 9.73. The SMILES string of the molecule is CC(C)c1ccc(C(C)C)c(C(C)(C)c2ccccc2)c1. The number of hydrogen-bond acceptors (Lipinski definition) is 0. The quantitative estimate of drug-likeness (QED) is 0.620. The first-order valence-electron chi connectivity index (χ1n) is 8.04. The molecule has 0 amide bonds. The Balaban J connectivity index is 2.62. The monoisotopic (exact) mass is 280 g/mol. The Kier molecular flexibility index (Phi) is 4.56. The Hall–Kier alpha value is -1.56. The van der Waals surface area contributed by atoms with Crippen LogP contribution in [0.4, 0.5) is 0 Å². The van der Waals surface area contributed by atoms with Crippen LogP contribution in [0.5, 0.6) is 0 Å². The van der Waals surface area contributed by atoms with E-state index in [1.807, 2.05) is 0 Å². The van der Waals surface area contributed by atoms with E-state index in [1.54, 1.807) is 0 Å². The highest BCUT2D eigenvalue weighted by molar-refractivity contribution is 5.46. The minimum Gasteiger partial charge on any atom is -0.0622 e. The summed E-state index contributed by atoms with van der Waals surface area (Å²) in [5.74, 6) is 1.11. The van der Waals surface area contributed by atoms with Crippen LogP contribution in [0, 0.1) is 0 Å². The predicted molar refractivity (Wildman–Crippen MR) is 93.2 cm³/mol. The van der Waals surface area contributed by atoms with Crippen molar-refractivity contribution in [2.45, 2.75) is 58.8 Å². The van der Waals surface area contributed by atoms with Gasteiger partial charge in [-0.3, -0.25) is 0 Å². The van der Waals surface area contributed by atoms with Gasteiger partial charge in [0.2, 0.25) is 0 Å². The van der Waals surface area contributed by atoms with E-state index in [0.29, 0.717) is 11.8 Å². The molecule has 0 heterocycles. The molecule has 0 atom stereocenters. The molecule has 21 heavy (non-hydrogen) atoms. The first-order chi connectivity index (χ1) is 9.84. The van der Waals surface area contributed by atoms with E-state index < -0.39 is 0 Å². The van der Waals surface area contributed by atoms with Crippen LogP contribution in [-0.4, -0.2) is 0 Å². The van der Waals surface area contributed by atoms with Gasteiger partial charge in [-0.25, -0.2) is 0 Å². The third kappa shape index (κ3) is 3.20. The van der Waals surface area contributed by atoms with Crippen LogP contribution in [0.15, 0.2) is 48.5 Å². The highest BCUT2D eigenvalue weighted by Crippen LogP contribution is 2.37. The van der Waals surface area contributed by atoms with Crippen LogP contribution < -0.4 is 0 Å². The number of hydrogen-bond donors (Lipinski definition) is 0. The van der Waals surface area contributed by atoms with Gasteiger partial charge in [-0.2, -0.15) is 0 Å². The van der Waals surface area contributed by atoms with Crippen LogP contribution in [0.25, 0.3) is 0 Å². The molecule has 0 aliphatic carbocycles. The topological polar surface area (TPSA) is 0 Å². The third-order valence-corrected chi connectivity index (χ3v) is 4.53. The number of benzene rings is 2. The summed E-state index contributed by atoms with van der Waals surface area (Å²) in [4.78, 5) is 0. The Morgan fingerprint density at radius 2 is 1.38 bits per heavy atom. The molecule has 0 fully saturated rings. The molecule has 2 rings (SSSR count). The van der Waals surface area contributed by atoms with Gasteiger partial charge >= 0.3 is 0 Å². The minimum atomic E-state index is 0.0335. The fraction of sp³-hybridized carbons (Fsp3) is 0.429. The second-order valence-corrected chi connectivity index (χ2v) is 7.15. The molecule has 0 aliphatic rings. The van der Waals surface area contributed by atoms with Crippen molar-refractivity contribution < 1.29 is 0 Å². The maximum atomic E-state index is 2.42. The van der Waals surface area contributed by atoms with Crippen molar-refractivity contribution in [2.24, 2.45) is 0 Å². The molecule has 0 aromatic heterocycles. The predicted octanol–water partition coefficient (Wildman–Crippen LogP) is 6.26. The van der Waals surface area contributed by atoms with Crippen molar-refractivity contribution in [1.82, 2.24) is 0 Å². The molecular weight excluding hydrogens is 252 g/mol. The minimum absolute atomic E-state index is 0.0335. The van der Waals surface area contributed by atoms with Crippen molar-refractivity contribution in [3.63, 3.8) is 0 Å². The third-order valence-electron chi connectivity index (χ3n) is 4.53. The highest BCUT2D eigenvalue weighted by atomic mass is 14.3. The normalized spacial score (nSPS) is 12.2. The maximum Gasteiger partial charge on any atom is 0.0149 e. The van der Waals surface area contributed by atoms with Crippen molar-refractivity contribution >= 4 is 0 Å². The van der Waals surface area contributed by atoms with Gasteiger partial charge in [0.15, 0.2) is 0 Å². The molecule has 0 saturated carbocycles. The second kappa shape index (κ2) is 6.05. The Morgan fingerprint density at radius 3 is 1.90 bits per heavy atom. The molecule has 0 bridgehead atoms. The van der Waals surface area contributed by atoms with Crippen molar-refractivity contribution in [3.05, 3.63) is 70.8 Å². The summed E-state index contributed by atoms with van der Waals surface area (Å²) in [6.07, 6.45) is 0. The van der Waals surface area contributed by atoms with Gasteiger partial charge in [-0.05, 0) is 34.1 Å². The van der Waals surface area contributed by atoms with Gasteiger partial charge in [0.05, 0.1) is 0 Å². The van der Waals surface area contributed by atoms with Gasteiger partial charge in [0.25, 0.3) is 0 Å². The molecule has 0 heteroatoms. The van der Waals surface area contributed by atoms with E-state index in [2.05, 4.69) is 90.1 Å². The maximum absolute atomic E-state index is 2.42. The smallest absolute Gasteiger partial charge is 0.0149 e. The Labute approximate surface area is 130 Å². The first-order valence-corrected chi connectivity index (χ1v) is 8.04. The summed E-state index contributed by atoms with van der Waals surface area (Å²) >= 11 is 0. The van der Waals surface area contributed by atoms with E-state index >= 15 is 0 Å². The van der Waals surface area contributed by atoms with Gasteiger partial charge in [-0.1, -0.05) is 90.1 Å². The van der Waals surface area contributed by atoms with Crippen LogP contribution in [0.3, 0.4) is 0 Å². The van der Waals surface area contributed by atoms with Crippen LogP contribution in [0.1, 0.15) is 75.6 Å². The molecule has 0 saturated heterocycles. The standard InChI is InChI=1S/C21H28/c1-15(2)17-12-13-19(16(3)4)20(14-17)21(5,6)18-10-8-7-9-11-18/h7-16H,1-6H3. The summed E-state index contributed by atoms with van der Waals surface area (Å²) in [5, 5.41) is 0. The van der Waals surface area contributed by atoms with Crippen molar-refractivity contribution in [1.29, 1.82) is 0 Å². The highest BCUT2D eigenvalue weighted by Gasteiger charge is 2.27. The van der Waals surface area contributed by atoms with E-state index in [1.165, 1.54) is 22.3 Å².